The predicted octanol–water partition coefficient (Wildman–Crippen LogP) is 4.58. The van der Waals surface area contributed by atoms with Gasteiger partial charge in [0, 0.05) is 5.69 Å². The second-order valence-corrected chi connectivity index (χ2v) is 6.14. The first-order valence-electron chi connectivity index (χ1n) is 8.91. The van der Waals surface area contributed by atoms with Gasteiger partial charge in [-0.1, -0.05) is 37.3 Å². The maximum Gasteiger partial charge on any atom is 0.229 e. The van der Waals surface area contributed by atoms with E-state index >= 15 is 0 Å². The third-order valence-electron chi connectivity index (χ3n) is 4.23. The van der Waals surface area contributed by atoms with Gasteiger partial charge in [0.2, 0.25) is 5.91 Å². The van der Waals surface area contributed by atoms with Crippen LogP contribution in [0, 0.1) is 0 Å². The number of benzene rings is 2. The average Bonchev–Trinajstić information content (AvgIpc) is 2.70. The van der Waals surface area contributed by atoms with Crippen LogP contribution >= 0.6 is 0 Å². The summed E-state index contributed by atoms with van der Waals surface area (Å²) in [5.74, 6) is 1.20. The molecule has 0 saturated carbocycles. The highest BCUT2D eigenvalue weighted by molar-refractivity contribution is 5.91. The molecule has 2 aromatic carbocycles. The van der Waals surface area contributed by atoms with Crippen molar-refractivity contribution >= 4 is 23.1 Å². The largest absolute Gasteiger partial charge is 0.497 e. The van der Waals surface area contributed by atoms with Gasteiger partial charge in [-0.05, 0) is 47.9 Å². The summed E-state index contributed by atoms with van der Waals surface area (Å²) in [4.78, 5) is 16.5. The molecule has 0 fully saturated rings. The number of hydrogen-bond donors (Lipinski definition) is 2. The molecule has 0 radical (unpaired) electrons. The van der Waals surface area contributed by atoms with Gasteiger partial charge in [0.15, 0.2) is 0 Å². The third-order valence-corrected chi connectivity index (χ3v) is 4.23. The van der Waals surface area contributed by atoms with Crippen molar-refractivity contribution in [2.45, 2.75) is 19.8 Å². The number of carbonyl (C=O) groups excluding carboxylic acids is 1. The summed E-state index contributed by atoms with van der Waals surface area (Å²) < 4.78 is 5.12. The lowest BCUT2D eigenvalue weighted by Gasteiger charge is -2.11. The first-order valence-corrected chi connectivity index (χ1v) is 8.91. The van der Waals surface area contributed by atoms with Crippen molar-refractivity contribution in [1.29, 1.82) is 0 Å². The molecule has 0 bridgehead atoms. The summed E-state index contributed by atoms with van der Waals surface area (Å²) in [7, 11) is 1.62. The zero-order valence-electron chi connectivity index (χ0n) is 15.5. The Morgan fingerprint density at radius 2 is 1.81 bits per heavy atom. The standard InChI is InChI=1S/C22H23N3O2/c1-3-17-6-4-5-7-20(17)24-18-10-13-21(23-15-18)25-22(26)14-16-8-11-19(27-2)12-9-16/h4-13,15,24H,3,14H2,1-2H3,(H,23,25,26). The van der Waals surface area contributed by atoms with Crippen LogP contribution in [0.25, 0.3) is 0 Å². The number of nitrogens with zero attached hydrogens (tertiary/aromatic N) is 1. The molecule has 5 nitrogen and oxygen atoms in total. The second-order valence-electron chi connectivity index (χ2n) is 6.14. The minimum absolute atomic E-state index is 0.107. The molecule has 1 aromatic heterocycles. The van der Waals surface area contributed by atoms with E-state index < -0.39 is 0 Å². The Hall–Kier alpha value is -3.34. The number of aryl methyl sites for hydroxylation is 1. The summed E-state index contributed by atoms with van der Waals surface area (Å²) in [5, 5.41) is 6.19. The van der Waals surface area contributed by atoms with E-state index in [0.29, 0.717) is 5.82 Å². The van der Waals surface area contributed by atoms with E-state index in [1.807, 2.05) is 48.5 Å². The minimum atomic E-state index is -0.107. The van der Waals surface area contributed by atoms with Gasteiger partial charge in [-0.15, -0.1) is 0 Å². The van der Waals surface area contributed by atoms with E-state index in [4.69, 9.17) is 4.74 Å². The normalized spacial score (nSPS) is 10.3. The molecule has 0 saturated heterocycles. The number of amides is 1. The highest BCUT2D eigenvalue weighted by Crippen LogP contribution is 2.21. The molecule has 0 spiro atoms. The van der Waals surface area contributed by atoms with Crippen LogP contribution in [0.2, 0.25) is 0 Å². The van der Waals surface area contributed by atoms with Crippen LogP contribution in [-0.2, 0) is 17.6 Å². The summed E-state index contributed by atoms with van der Waals surface area (Å²) in [5.41, 5.74) is 4.11. The minimum Gasteiger partial charge on any atom is -0.497 e. The van der Waals surface area contributed by atoms with Crippen molar-refractivity contribution < 1.29 is 9.53 Å². The molecular formula is C22H23N3O2. The van der Waals surface area contributed by atoms with E-state index in [-0.39, 0.29) is 12.3 Å². The molecule has 138 valence electrons. The maximum absolute atomic E-state index is 12.2. The molecule has 0 unspecified atom stereocenters. The van der Waals surface area contributed by atoms with Crippen LogP contribution in [0.15, 0.2) is 66.9 Å². The van der Waals surface area contributed by atoms with Crippen LogP contribution in [0.5, 0.6) is 5.75 Å². The third kappa shape index (κ3) is 5.07. The van der Waals surface area contributed by atoms with Crippen molar-refractivity contribution in [3.63, 3.8) is 0 Å². The Balaban J connectivity index is 1.59. The van der Waals surface area contributed by atoms with Gasteiger partial charge < -0.3 is 15.4 Å². The van der Waals surface area contributed by atoms with Crippen molar-refractivity contribution in [3.05, 3.63) is 78.0 Å². The maximum atomic E-state index is 12.2. The van der Waals surface area contributed by atoms with Crippen LogP contribution < -0.4 is 15.4 Å². The van der Waals surface area contributed by atoms with Gasteiger partial charge in [0.05, 0.1) is 25.4 Å². The Morgan fingerprint density at radius 1 is 1.04 bits per heavy atom. The molecular weight excluding hydrogens is 338 g/mol. The molecule has 3 aromatic rings. The number of aromatic nitrogens is 1. The van der Waals surface area contributed by atoms with E-state index in [9.17, 15) is 4.79 Å². The van der Waals surface area contributed by atoms with Crippen molar-refractivity contribution in [2.24, 2.45) is 0 Å². The number of anilines is 3. The molecule has 2 N–H and O–H groups in total. The number of nitrogens with one attached hydrogen (secondary N) is 2. The molecule has 5 heteroatoms. The van der Waals surface area contributed by atoms with E-state index in [2.05, 4.69) is 28.6 Å². The second kappa shape index (κ2) is 8.85. The lowest BCUT2D eigenvalue weighted by atomic mass is 10.1. The zero-order chi connectivity index (χ0) is 19.1. The van der Waals surface area contributed by atoms with Crippen LogP contribution in [0.4, 0.5) is 17.2 Å². The fourth-order valence-corrected chi connectivity index (χ4v) is 2.76. The highest BCUT2D eigenvalue weighted by Gasteiger charge is 2.06. The average molecular weight is 361 g/mol. The summed E-state index contributed by atoms with van der Waals surface area (Å²) in [6.07, 6.45) is 2.96. The number of carbonyl (C=O) groups is 1. The molecule has 0 aliphatic heterocycles. The van der Waals surface area contributed by atoms with E-state index in [1.165, 1.54) is 5.56 Å². The first-order chi connectivity index (χ1) is 13.2. The van der Waals surface area contributed by atoms with Gasteiger partial charge >= 0.3 is 0 Å². The molecule has 3 rings (SSSR count). The monoisotopic (exact) mass is 361 g/mol. The van der Waals surface area contributed by atoms with Crippen molar-refractivity contribution in [1.82, 2.24) is 4.98 Å². The summed E-state index contributed by atoms with van der Waals surface area (Å²) >= 11 is 0. The molecule has 0 atom stereocenters. The highest BCUT2D eigenvalue weighted by atomic mass is 16.5. The summed E-state index contributed by atoms with van der Waals surface area (Å²) in [6, 6.07) is 19.3. The van der Waals surface area contributed by atoms with E-state index in [0.717, 1.165) is 29.1 Å². The number of hydrogen-bond acceptors (Lipinski definition) is 4. The predicted molar refractivity (Wildman–Crippen MR) is 109 cm³/mol. The van der Waals surface area contributed by atoms with Gasteiger partial charge in [-0.2, -0.15) is 0 Å². The Kier molecular flexibility index (Phi) is 6.05. The molecule has 0 aliphatic carbocycles. The SMILES string of the molecule is CCc1ccccc1Nc1ccc(NC(=O)Cc2ccc(OC)cc2)nc1. The van der Waals surface area contributed by atoms with Crippen molar-refractivity contribution in [2.75, 3.05) is 17.7 Å². The Labute approximate surface area is 159 Å². The van der Waals surface area contributed by atoms with Crippen LogP contribution in [0.3, 0.4) is 0 Å². The quantitative estimate of drug-likeness (QED) is 0.647. The lowest BCUT2D eigenvalue weighted by molar-refractivity contribution is -0.115. The Bertz CT molecular complexity index is 890. The topological polar surface area (TPSA) is 63.2 Å². The van der Waals surface area contributed by atoms with Crippen LogP contribution in [0.1, 0.15) is 18.1 Å². The first kappa shape index (κ1) is 18.5. The fraction of sp³-hybridized carbons (Fsp3) is 0.182. The van der Waals surface area contributed by atoms with Gasteiger partial charge in [0.25, 0.3) is 0 Å². The molecule has 1 heterocycles. The van der Waals surface area contributed by atoms with Gasteiger partial charge in [-0.3, -0.25) is 4.79 Å². The Morgan fingerprint density at radius 3 is 2.48 bits per heavy atom. The number of pyridine rings is 1. The zero-order valence-corrected chi connectivity index (χ0v) is 15.5. The van der Waals surface area contributed by atoms with Gasteiger partial charge in [-0.25, -0.2) is 4.98 Å². The molecule has 1 amide bonds. The van der Waals surface area contributed by atoms with Crippen LogP contribution in [-0.4, -0.2) is 18.0 Å². The number of ether oxygens (including phenoxy) is 1. The smallest absolute Gasteiger partial charge is 0.229 e. The number of methoxy groups -OCH3 is 1. The van der Waals surface area contributed by atoms with E-state index in [1.54, 1.807) is 19.4 Å². The van der Waals surface area contributed by atoms with Crippen molar-refractivity contribution in [3.8, 4) is 5.75 Å². The lowest BCUT2D eigenvalue weighted by Crippen LogP contribution is -2.15. The number of para-hydroxylation sites is 1. The van der Waals surface area contributed by atoms with Gasteiger partial charge in [0.1, 0.15) is 11.6 Å². The number of rotatable bonds is 7. The fourth-order valence-electron chi connectivity index (χ4n) is 2.76. The molecule has 0 aliphatic rings. The molecule has 27 heavy (non-hydrogen) atoms. The summed E-state index contributed by atoms with van der Waals surface area (Å²) in [6.45, 7) is 2.13.